The molecule has 0 saturated heterocycles. The fourth-order valence-electron chi connectivity index (χ4n) is 1.17. The number of aliphatic imine (C=N–C) groups is 2. The van der Waals surface area contributed by atoms with Crippen LogP contribution in [0.3, 0.4) is 0 Å². The van der Waals surface area contributed by atoms with E-state index in [1.165, 1.54) is 6.92 Å². The number of hydrogen-bond donors (Lipinski definition) is 1. The Hall–Kier alpha value is -1.58. The lowest BCUT2D eigenvalue weighted by atomic mass is 10.3. The fraction of sp³-hybridized carbons (Fsp3) is 0.636. The van der Waals surface area contributed by atoms with Crippen molar-refractivity contribution in [3.63, 3.8) is 0 Å². The highest BCUT2D eigenvalue weighted by atomic mass is 19.4. The molecule has 0 aliphatic heterocycles. The van der Waals surface area contributed by atoms with Crippen LogP contribution in [0.15, 0.2) is 22.1 Å². The summed E-state index contributed by atoms with van der Waals surface area (Å²) in [4.78, 5) is 7.26. The van der Waals surface area contributed by atoms with Crippen molar-refractivity contribution >= 4 is 12.1 Å². The molecule has 0 aliphatic carbocycles. The van der Waals surface area contributed by atoms with Crippen LogP contribution >= 0.6 is 0 Å². The maximum atomic E-state index is 12.7. The van der Waals surface area contributed by atoms with Gasteiger partial charge in [0.15, 0.2) is 0 Å². The van der Waals surface area contributed by atoms with E-state index >= 15 is 0 Å². The number of allylic oxidation sites excluding steroid dienone is 1. The molecule has 1 unspecified atom stereocenters. The standard InChI is InChI=1S/C11H16F6N4/c1-4-20-9(11(15,16)17)21(3)8(18)6-19-5-7(2)10(12,13)14/h5,8H,2,4,6,18H2,1,3H3/b19-5-,20-9-. The van der Waals surface area contributed by atoms with Crippen LogP contribution in [0.25, 0.3) is 0 Å². The average Bonchev–Trinajstić information content (AvgIpc) is 2.32. The molecular weight excluding hydrogens is 302 g/mol. The molecule has 0 fully saturated rings. The van der Waals surface area contributed by atoms with Gasteiger partial charge >= 0.3 is 12.4 Å². The van der Waals surface area contributed by atoms with E-state index in [9.17, 15) is 26.3 Å². The number of nitrogens with two attached hydrogens (primary N) is 1. The highest BCUT2D eigenvalue weighted by Crippen LogP contribution is 2.22. The predicted octanol–water partition coefficient (Wildman–Crippen LogP) is 2.37. The minimum Gasteiger partial charge on any atom is -0.339 e. The zero-order chi connectivity index (χ0) is 16.8. The summed E-state index contributed by atoms with van der Waals surface area (Å²) in [5.41, 5.74) is 4.25. The summed E-state index contributed by atoms with van der Waals surface area (Å²) in [5, 5.41) is 0. The van der Waals surface area contributed by atoms with E-state index in [0.29, 0.717) is 11.1 Å². The minimum atomic E-state index is -4.71. The first-order valence-electron chi connectivity index (χ1n) is 5.77. The molecule has 4 nitrogen and oxygen atoms in total. The maximum Gasteiger partial charge on any atom is 0.449 e. The summed E-state index contributed by atoms with van der Waals surface area (Å²) in [5.74, 6) is -1.21. The lowest BCUT2D eigenvalue weighted by Crippen LogP contribution is -2.50. The molecule has 1 atom stereocenters. The second kappa shape index (κ2) is 7.43. The van der Waals surface area contributed by atoms with Crippen LogP contribution < -0.4 is 5.73 Å². The van der Waals surface area contributed by atoms with E-state index in [0.717, 1.165) is 7.05 Å². The highest BCUT2D eigenvalue weighted by molar-refractivity contribution is 5.87. The summed E-state index contributed by atoms with van der Waals surface area (Å²) in [6.07, 6.45) is -10.2. The molecule has 0 aromatic rings. The van der Waals surface area contributed by atoms with E-state index in [1.54, 1.807) is 0 Å². The summed E-state index contributed by atoms with van der Waals surface area (Å²) in [7, 11) is 1.04. The van der Waals surface area contributed by atoms with Crippen LogP contribution in [0.2, 0.25) is 0 Å². The predicted molar refractivity (Wildman–Crippen MR) is 68.3 cm³/mol. The normalized spacial score (nSPS) is 15.4. The van der Waals surface area contributed by atoms with Crippen LogP contribution in [0.5, 0.6) is 0 Å². The van der Waals surface area contributed by atoms with Crippen molar-refractivity contribution in [1.29, 1.82) is 0 Å². The molecular formula is C11H16F6N4. The summed E-state index contributed by atoms with van der Waals surface area (Å²) in [6, 6.07) is 0. The first-order chi connectivity index (χ1) is 9.41. The van der Waals surface area contributed by atoms with Crippen molar-refractivity contribution < 1.29 is 26.3 Å². The quantitative estimate of drug-likeness (QED) is 0.366. The van der Waals surface area contributed by atoms with E-state index in [-0.39, 0.29) is 6.54 Å². The third kappa shape index (κ3) is 6.61. The van der Waals surface area contributed by atoms with Crippen LogP contribution in [0.1, 0.15) is 6.92 Å². The highest BCUT2D eigenvalue weighted by Gasteiger charge is 2.39. The Bertz CT molecular complexity index is 410. The molecule has 0 aromatic carbocycles. The molecule has 10 heteroatoms. The Labute approximate surface area is 118 Å². The average molecular weight is 318 g/mol. The largest absolute Gasteiger partial charge is 0.449 e. The molecule has 0 radical (unpaired) electrons. The number of rotatable bonds is 5. The van der Waals surface area contributed by atoms with Crippen molar-refractivity contribution in [2.24, 2.45) is 15.7 Å². The van der Waals surface area contributed by atoms with Crippen LogP contribution in [-0.4, -0.2) is 55.6 Å². The number of amidine groups is 1. The topological polar surface area (TPSA) is 54.0 Å². The summed E-state index contributed by atoms with van der Waals surface area (Å²) < 4.78 is 74.4. The van der Waals surface area contributed by atoms with Gasteiger partial charge in [-0.15, -0.1) is 0 Å². The van der Waals surface area contributed by atoms with Gasteiger partial charge in [0.2, 0.25) is 5.84 Å². The second-order valence-electron chi connectivity index (χ2n) is 3.99. The molecule has 0 spiro atoms. The van der Waals surface area contributed by atoms with E-state index < -0.39 is 36.5 Å². The van der Waals surface area contributed by atoms with Crippen molar-refractivity contribution in [2.75, 3.05) is 20.1 Å². The zero-order valence-corrected chi connectivity index (χ0v) is 11.5. The Kier molecular flexibility index (Phi) is 6.88. The Morgan fingerprint density at radius 1 is 1.24 bits per heavy atom. The molecule has 0 aromatic heterocycles. The van der Waals surface area contributed by atoms with Gasteiger partial charge in [-0.1, -0.05) is 6.58 Å². The van der Waals surface area contributed by atoms with Crippen LogP contribution in [0.4, 0.5) is 26.3 Å². The smallest absolute Gasteiger partial charge is 0.339 e. The molecule has 0 saturated carbocycles. The number of nitrogens with zero attached hydrogens (tertiary/aromatic N) is 3. The molecule has 2 N–H and O–H groups in total. The van der Waals surface area contributed by atoms with Crippen molar-refractivity contribution in [1.82, 2.24) is 4.90 Å². The van der Waals surface area contributed by atoms with Gasteiger partial charge in [0, 0.05) is 19.8 Å². The SMILES string of the molecule is C=C(/C=N\CC(N)N(C)/C(=N\CC)C(F)(F)F)C(F)(F)F. The second-order valence-corrected chi connectivity index (χ2v) is 3.99. The first kappa shape index (κ1) is 19.4. The molecule has 0 aliphatic rings. The Balaban J connectivity index is 4.80. The van der Waals surface area contributed by atoms with Gasteiger partial charge < -0.3 is 10.6 Å². The van der Waals surface area contributed by atoms with Gasteiger partial charge in [-0.2, -0.15) is 26.3 Å². The monoisotopic (exact) mass is 318 g/mol. The van der Waals surface area contributed by atoms with Crippen molar-refractivity contribution in [3.8, 4) is 0 Å². The van der Waals surface area contributed by atoms with Gasteiger partial charge in [0.05, 0.1) is 18.3 Å². The lowest BCUT2D eigenvalue weighted by molar-refractivity contribution is -0.0852. The first-order valence-corrected chi connectivity index (χ1v) is 5.77. The summed E-state index contributed by atoms with van der Waals surface area (Å²) >= 11 is 0. The van der Waals surface area contributed by atoms with Crippen LogP contribution in [-0.2, 0) is 0 Å². The number of likely N-dealkylation sites (N-methyl/N-ethyl adjacent to an activating group) is 1. The number of alkyl halides is 6. The third-order valence-electron chi connectivity index (χ3n) is 2.30. The maximum absolute atomic E-state index is 12.7. The minimum absolute atomic E-state index is 0.111. The van der Waals surface area contributed by atoms with Crippen LogP contribution in [0, 0.1) is 0 Å². The molecule has 0 bridgehead atoms. The molecule has 0 heterocycles. The van der Waals surface area contributed by atoms with E-state index in [2.05, 4.69) is 16.6 Å². The third-order valence-corrected chi connectivity index (χ3v) is 2.30. The fourth-order valence-corrected chi connectivity index (χ4v) is 1.17. The Morgan fingerprint density at radius 2 is 1.76 bits per heavy atom. The van der Waals surface area contributed by atoms with Gasteiger partial charge in [-0.05, 0) is 6.92 Å². The van der Waals surface area contributed by atoms with Gasteiger partial charge in [-0.3, -0.25) is 9.98 Å². The lowest BCUT2D eigenvalue weighted by Gasteiger charge is -2.27. The molecule has 21 heavy (non-hydrogen) atoms. The number of hydrogen-bond acceptors (Lipinski definition) is 3. The number of halogens is 6. The van der Waals surface area contributed by atoms with Gasteiger partial charge in [0.25, 0.3) is 0 Å². The van der Waals surface area contributed by atoms with Gasteiger partial charge in [0.1, 0.15) is 0 Å². The van der Waals surface area contributed by atoms with Crippen molar-refractivity contribution in [3.05, 3.63) is 12.2 Å². The Morgan fingerprint density at radius 3 is 2.14 bits per heavy atom. The molecule has 0 rings (SSSR count). The molecule has 0 amide bonds. The molecule has 122 valence electrons. The summed E-state index contributed by atoms with van der Waals surface area (Å²) in [6.45, 7) is 3.57. The van der Waals surface area contributed by atoms with Gasteiger partial charge in [-0.25, -0.2) is 0 Å². The van der Waals surface area contributed by atoms with E-state index in [4.69, 9.17) is 5.73 Å². The zero-order valence-electron chi connectivity index (χ0n) is 11.5. The van der Waals surface area contributed by atoms with E-state index in [1.807, 2.05) is 0 Å². The van der Waals surface area contributed by atoms with Crippen molar-refractivity contribution in [2.45, 2.75) is 25.4 Å².